The van der Waals surface area contributed by atoms with Crippen LogP contribution in [0.1, 0.15) is 39.2 Å². The minimum Gasteiger partial charge on any atom is -0.312 e. The van der Waals surface area contributed by atoms with E-state index < -0.39 is 0 Å². The molecule has 1 aromatic heterocycles. The zero-order valence-corrected chi connectivity index (χ0v) is 13.5. The Bertz CT molecular complexity index is 401. The fraction of sp³-hybridized carbons (Fsp3) is 0.812. The van der Waals surface area contributed by atoms with Gasteiger partial charge in [-0.05, 0) is 37.8 Å². The molecule has 4 heteroatoms. The Morgan fingerprint density at radius 1 is 1.50 bits per heavy atom. The Kier molecular flexibility index (Phi) is 5.61. The molecule has 0 amide bonds. The summed E-state index contributed by atoms with van der Waals surface area (Å²) in [7, 11) is 1.99. The van der Waals surface area contributed by atoms with Crippen LogP contribution in [0.5, 0.6) is 0 Å². The van der Waals surface area contributed by atoms with Crippen molar-refractivity contribution in [2.45, 2.75) is 52.1 Å². The summed E-state index contributed by atoms with van der Waals surface area (Å²) in [5, 5.41) is 8.00. The molecule has 4 nitrogen and oxygen atoms in total. The van der Waals surface area contributed by atoms with E-state index in [4.69, 9.17) is 0 Å². The van der Waals surface area contributed by atoms with Gasteiger partial charge in [0.1, 0.15) is 0 Å². The molecule has 1 aliphatic rings. The second kappa shape index (κ2) is 7.23. The van der Waals surface area contributed by atoms with Crippen LogP contribution in [0.3, 0.4) is 0 Å². The van der Waals surface area contributed by atoms with E-state index in [1.807, 2.05) is 17.9 Å². The number of hydrogen-bond donors (Lipinski definition) is 1. The molecule has 3 atom stereocenters. The Hall–Kier alpha value is -0.870. The van der Waals surface area contributed by atoms with Crippen LogP contribution in [0, 0.1) is 5.92 Å². The van der Waals surface area contributed by atoms with Crippen LogP contribution in [0.15, 0.2) is 12.4 Å². The first kappa shape index (κ1) is 15.5. The summed E-state index contributed by atoms with van der Waals surface area (Å²) in [5.74, 6) is 0.751. The van der Waals surface area contributed by atoms with Crippen molar-refractivity contribution in [3.63, 3.8) is 0 Å². The number of aryl methyl sites for hydroxylation is 1. The van der Waals surface area contributed by atoms with Gasteiger partial charge in [-0.1, -0.05) is 20.3 Å². The van der Waals surface area contributed by atoms with Gasteiger partial charge in [0.2, 0.25) is 0 Å². The summed E-state index contributed by atoms with van der Waals surface area (Å²) in [6, 6.07) is 1.31. The molecule has 2 rings (SSSR count). The molecule has 114 valence electrons. The van der Waals surface area contributed by atoms with E-state index in [0.29, 0.717) is 12.1 Å². The van der Waals surface area contributed by atoms with Crippen molar-refractivity contribution >= 4 is 0 Å². The van der Waals surface area contributed by atoms with Crippen molar-refractivity contribution in [3.05, 3.63) is 18.0 Å². The van der Waals surface area contributed by atoms with E-state index in [9.17, 15) is 0 Å². The van der Waals surface area contributed by atoms with Gasteiger partial charge in [0, 0.05) is 38.4 Å². The predicted molar refractivity (Wildman–Crippen MR) is 83.8 cm³/mol. The Morgan fingerprint density at radius 2 is 2.30 bits per heavy atom. The molecule has 0 saturated carbocycles. The minimum absolute atomic E-state index is 0.638. The van der Waals surface area contributed by atoms with Crippen LogP contribution in [-0.4, -0.2) is 46.4 Å². The van der Waals surface area contributed by atoms with Crippen molar-refractivity contribution in [2.24, 2.45) is 13.0 Å². The summed E-state index contributed by atoms with van der Waals surface area (Å²) in [6.45, 7) is 10.5. The molecule has 20 heavy (non-hydrogen) atoms. The fourth-order valence-corrected chi connectivity index (χ4v) is 3.01. The third kappa shape index (κ3) is 4.06. The van der Waals surface area contributed by atoms with Gasteiger partial charge in [0.05, 0.1) is 6.20 Å². The monoisotopic (exact) mass is 278 g/mol. The number of nitrogens with one attached hydrogen (secondary N) is 1. The zero-order valence-electron chi connectivity index (χ0n) is 13.5. The highest BCUT2D eigenvalue weighted by molar-refractivity contribution is 5.04. The molecule has 3 unspecified atom stereocenters. The summed E-state index contributed by atoms with van der Waals surface area (Å²) in [4.78, 5) is 2.66. The number of aromatic nitrogens is 2. The molecule has 0 aliphatic carbocycles. The van der Waals surface area contributed by atoms with Crippen LogP contribution in [-0.2, 0) is 13.5 Å². The van der Waals surface area contributed by atoms with Gasteiger partial charge in [-0.3, -0.25) is 9.58 Å². The summed E-state index contributed by atoms with van der Waals surface area (Å²) in [6.07, 6.45) is 7.73. The van der Waals surface area contributed by atoms with Crippen molar-refractivity contribution in [3.8, 4) is 0 Å². The van der Waals surface area contributed by atoms with Gasteiger partial charge < -0.3 is 5.32 Å². The second-order valence-corrected chi connectivity index (χ2v) is 6.35. The Balaban J connectivity index is 1.92. The maximum absolute atomic E-state index is 4.26. The molecule has 0 bridgehead atoms. The van der Waals surface area contributed by atoms with Crippen LogP contribution in [0.2, 0.25) is 0 Å². The van der Waals surface area contributed by atoms with E-state index in [1.165, 1.54) is 24.9 Å². The molecule has 1 fully saturated rings. The molecular formula is C16H30N4. The van der Waals surface area contributed by atoms with Crippen molar-refractivity contribution in [1.82, 2.24) is 20.0 Å². The third-order valence-corrected chi connectivity index (χ3v) is 4.80. The van der Waals surface area contributed by atoms with Gasteiger partial charge in [0.25, 0.3) is 0 Å². The van der Waals surface area contributed by atoms with Gasteiger partial charge in [-0.15, -0.1) is 0 Å². The normalized spacial score (nSPS) is 26.4. The number of nitrogens with zero attached hydrogens (tertiary/aromatic N) is 3. The maximum Gasteiger partial charge on any atom is 0.0522 e. The quantitative estimate of drug-likeness (QED) is 0.895. The summed E-state index contributed by atoms with van der Waals surface area (Å²) in [5.41, 5.74) is 1.34. The van der Waals surface area contributed by atoms with Gasteiger partial charge in [-0.25, -0.2) is 0 Å². The second-order valence-electron chi connectivity index (χ2n) is 6.35. The molecule has 2 heterocycles. The lowest BCUT2D eigenvalue weighted by Gasteiger charge is -2.31. The average molecular weight is 278 g/mol. The lowest BCUT2D eigenvalue weighted by Crippen LogP contribution is -2.44. The van der Waals surface area contributed by atoms with E-state index in [2.05, 4.69) is 42.3 Å². The smallest absolute Gasteiger partial charge is 0.0522 e. The molecule has 0 aromatic carbocycles. The lowest BCUT2D eigenvalue weighted by molar-refractivity contribution is 0.190. The standard InChI is InChI=1S/C16H30N4/c1-5-13(2)16-12-20(14(3)6-8-17-16)9-7-15-10-18-19(4)11-15/h10-11,13-14,16-17H,5-9,12H2,1-4H3. The van der Waals surface area contributed by atoms with Crippen molar-refractivity contribution in [1.29, 1.82) is 0 Å². The minimum atomic E-state index is 0.638. The third-order valence-electron chi connectivity index (χ3n) is 4.80. The SMILES string of the molecule is CCC(C)C1CN(CCc2cnn(C)c2)C(C)CCN1. The van der Waals surface area contributed by atoms with Crippen LogP contribution < -0.4 is 5.32 Å². The van der Waals surface area contributed by atoms with E-state index in [-0.39, 0.29) is 0 Å². The number of hydrogen-bond acceptors (Lipinski definition) is 3. The van der Waals surface area contributed by atoms with Gasteiger partial charge in [-0.2, -0.15) is 5.10 Å². The van der Waals surface area contributed by atoms with Crippen LogP contribution in [0.25, 0.3) is 0 Å². The van der Waals surface area contributed by atoms with Crippen LogP contribution >= 0.6 is 0 Å². The average Bonchev–Trinajstić information content (AvgIpc) is 2.76. The van der Waals surface area contributed by atoms with Gasteiger partial charge in [0.15, 0.2) is 0 Å². The lowest BCUT2D eigenvalue weighted by atomic mass is 9.98. The predicted octanol–water partition coefficient (Wildman–Crippen LogP) is 2.06. The molecule has 1 aromatic rings. The highest BCUT2D eigenvalue weighted by atomic mass is 15.2. The van der Waals surface area contributed by atoms with Crippen LogP contribution in [0.4, 0.5) is 0 Å². The van der Waals surface area contributed by atoms with E-state index >= 15 is 0 Å². The van der Waals surface area contributed by atoms with Gasteiger partial charge >= 0.3 is 0 Å². The molecule has 1 saturated heterocycles. The number of rotatable bonds is 5. The zero-order chi connectivity index (χ0) is 14.5. The molecule has 0 radical (unpaired) electrons. The van der Waals surface area contributed by atoms with E-state index in [0.717, 1.165) is 25.4 Å². The first-order chi connectivity index (χ1) is 9.60. The first-order valence-electron chi connectivity index (χ1n) is 8.05. The molecule has 1 aliphatic heterocycles. The first-order valence-corrected chi connectivity index (χ1v) is 8.05. The summed E-state index contributed by atoms with van der Waals surface area (Å²) < 4.78 is 1.89. The topological polar surface area (TPSA) is 33.1 Å². The molecule has 0 spiro atoms. The fourth-order valence-electron chi connectivity index (χ4n) is 3.01. The Morgan fingerprint density at radius 3 is 2.95 bits per heavy atom. The Labute approximate surface area is 123 Å². The molecular weight excluding hydrogens is 248 g/mol. The largest absolute Gasteiger partial charge is 0.312 e. The highest BCUT2D eigenvalue weighted by Gasteiger charge is 2.25. The highest BCUT2D eigenvalue weighted by Crippen LogP contribution is 2.16. The van der Waals surface area contributed by atoms with Crippen molar-refractivity contribution in [2.75, 3.05) is 19.6 Å². The molecule has 1 N–H and O–H groups in total. The summed E-state index contributed by atoms with van der Waals surface area (Å²) >= 11 is 0. The van der Waals surface area contributed by atoms with Crippen molar-refractivity contribution < 1.29 is 0 Å². The maximum atomic E-state index is 4.26. The van der Waals surface area contributed by atoms with E-state index in [1.54, 1.807) is 0 Å².